The molecule has 0 unspecified atom stereocenters. The van der Waals surface area contributed by atoms with Gasteiger partial charge in [-0.15, -0.1) is 0 Å². The van der Waals surface area contributed by atoms with Crippen molar-refractivity contribution in [3.8, 4) is 11.3 Å². The molecule has 0 saturated heterocycles. The van der Waals surface area contributed by atoms with Crippen LogP contribution in [0.3, 0.4) is 0 Å². The molecule has 0 atom stereocenters. The third-order valence-electron chi connectivity index (χ3n) is 3.27. The van der Waals surface area contributed by atoms with E-state index in [2.05, 4.69) is 4.98 Å². The van der Waals surface area contributed by atoms with Crippen molar-refractivity contribution in [3.05, 3.63) is 59.7 Å². The number of nitrogens with zero attached hydrogens (tertiary/aromatic N) is 2. The molecule has 0 amide bonds. The van der Waals surface area contributed by atoms with Crippen LogP contribution in [-0.2, 0) is 6.54 Å². The lowest BCUT2D eigenvalue weighted by molar-refractivity contribution is 0.628. The summed E-state index contributed by atoms with van der Waals surface area (Å²) in [6.45, 7) is 2.50. The van der Waals surface area contributed by atoms with Crippen LogP contribution in [-0.4, -0.2) is 9.38 Å². The van der Waals surface area contributed by atoms with Crippen LogP contribution in [0.25, 0.3) is 16.9 Å². The van der Waals surface area contributed by atoms with Gasteiger partial charge in [-0.2, -0.15) is 0 Å². The van der Waals surface area contributed by atoms with E-state index in [1.165, 1.54) is 12.1 Å². The van der Waals surface area contributed by atoms with Gasteiger partial charge in [-0.05, 0) is 42.8 Å². The molecule has 0 saturated carbocycles. The molecule has 0 bridgehead atoms. The number of aromatic nitrogens is 2. The van der Waals surface area contributed by atoms with Crippen molar-refractivity contribution in [2.24, 2.45) is 5.73 Å². The number of hydrogen-bond donors (Lipinski definition) is 1. The molecule has 3 nitrogen and oxygen atoms in total. The molecule has 0 aliphatic carbocycles. The molecule has 0 aliphatic rings. The van der Waals surface area contributed by atoms with E-state index < -0.39 is 0 Å². The summed E-state index contributed by atoms with van der Waals surface area (Å²) in [6, 6.07) is 10.3. The van der Waals surface area contributed by atoms with Crippen molar-refractivity contribution < 1.29 is 4.39 Å². The molecular formula is C15H14FN3. The smallest absolute Gasteiger partial charge is 0.137 e. The number of imidazole rings is 1. The lowest BCUT2D eigenvalue weighted by atomic mass is 10.1. The van der Waals surface area contributed by atoms with Gasteiger partial charge in [-0.1, -0.05) is 6.07 Å². The third-order valence-corrected chi connectivity index (χ3v) is 3.27. The highest BCUT2D eigenvalue weighted by Gasteiger charge is 2.10. The van der Waals surface area contributed by atoms with E-state index in [-0.39, 0.29) is 5.82 Å². The van der Waals surface area contributed by atoms with E-state index in [1.54, 1.807) is 12.1 Å². The highest BCUT2D eigenvalue weighted by Crippen LogP contribution is 2.24. The number of halogens is 1. The predicted molar refractivity (Wildman–Crippen MR) is 73.2 cm³/mol. The standard InChI is InChI=1S/C15H14FN3/c1-10-15(12-3-5-13(16)6-4-12)18-14-7-2-11(8-17)9-19(10)14/h2-7,9H,8,17H2,1H3. The molecule has 19 heavy (non-hydrogen) atoms. The van der Waals surface area contributed by atoms with Gasteiger partial charge in [0.2, 0.25) is 0 Å². The largest absolute Gasteiger partial charge is 0.326 e. The zero-order chi connectivity index (χ0) is 13.4. The van der Waals surface area contributed by atoms with Gasteiger partial charge in [0.05, 0.1) is 5.69 Å². The topological polar surface area (TPSA) is 43.3 Å². The molecular weight excluding hydrogens is 241 g/mol. The lowest BCUT2D eigenvalue weighted by Gasteiger charge is -2.01. The van der Waals surface area contributed by atoms with E-state index in [1.807, 2.05) is 29.7 Å². The summed E-state index contributed by atoms with van der Waals surface area (Å²) in [5.74, 6) is -0.240. The fraction of sp³-hybridized carbons (Fsp3) is 0.133. The fourth-order valence-electron chi connectivity index (χ4n) is 2.21. The summed E-state index contributed by atoms with van der Waals surface area (Å²) in [5.41, 5.74) is 10.4. The van der Waals surface area contributed by atoms with Gasteiger partial charge in [0.1, 0.15) is 11.5 Å². The Morgan fingerprint density at radius 2 is 1.89 bits per heavy atom. The molecule has 0 aliphatic heterocycles. The van der Waals surface area contributed by atoms with Crippen molar-refractivity contribution >= 4 is 5.65 Å². The van der Waals surface area contributed by atoms with Crippen LogP contribution in [0.15, 0.2) is 42.6 Å². The van der Waals surface area contributed by atoms with Crippen LogP contribution < -0.4 is 5.73 Å². The number of hydrogen-bond acceptors (Lipinski definition) is 2. The summed E-state index contributed by atoms with van der Waals surface area (Å²) in [4.78, 5) is 4.59. The molecule has 0 radical (unpaired) electrons. The summed E-state index contributed by atoms with van der Waals surface area (Å²) in [7, 11) is 0. The summed E-state index contributed by atoms with van der Waals surface area (Å²) in [6.07, 6.45) is 1.99. The normalized spacial score (nSPS) is 11.1. The quantitative estimate of drug-likeness (QED) is 0.765. The summed E-state index contributed by atoms with van der Waals surface area (Å²) in [5, 5.41) is 0. The number of rotatable bonds is 2. The summed E-state index contributed by atoms with van der Waals surface area (Å²) < 4.78 is 15.0. The second kappa shape index (κ2) is 4.48. The van der Waals surface area contributed by atoms with Crippen molar-refractivity contribution in [3.63, 3.8) is 0 Å². The zero-order valence-corrected chi connectivity index (χ0v) is 10.6. The first-order valence-electron chi connectivity index (χ1n) is 6.12. The molecule has 2 heterocycles. The minimum absolute atomic E-state index is 0.240. The Balaban J connectivity index is 2.19. The first-order valence-corrected chi connectivity index (χ1v) is 6.12. The molecule has 2 aromatic heterocycles. The van der Waals surface area contributed by atoms with Crippen LogP contribution in [0.2, 0.25) is 0 Å². The molecule has 0 spiro atoms. The SMILES string of the molecule is Cc1c(-c2ccc(F)cc2)nc2ccc(CN)cn12. The van der Waals surface area contributed by atoms with Gasteiger partial charge in [-0.25, -0.2) is 9.37 Å². The number of fused-ring (bicyclic) bond motifs is 1. The van der Waals surface area contributed by atoms with Crippen molar-refractivity contribution in [2.45, 2.75) is 13.5 Å². The average molecular weight is 255 g/mol. The van der Waals surface area contributed by atoms with E-state index in [4.69, 9.17) is 5.73 Å². The van der Waals surface area contributed by atoms with Crippen LogP contribution in [0.5, 0.6) is 0 Å². The minimum atomic E-state index is -0.240. The van der Waals surface area contributed by atoms with Gasteiger partial charge in [0, 0.05) is 24.0 Å². The van der Waals surface area contributed by atoms with E-state index in [9.17, 15) is 4.39 Å². The number of aryl methyl sites for hydroxylation is 1. The molecule has 2 N–H and O–H groups in total. The van der Waals surface area contributed by atoms with Crippen LogP contribution in [0.1, 0.15) is 11.3 Å². The first kappa shape index (κ1) is 11.9. The zero-order valence-electron chi connectivity index (χ0n) is 10.6. The van der Waals surface area contributed by atoms with E-state index in [0.29, 0.717) is 6.54 Å². The third kappa shape index (κ3) is 2.00. The molecule has 3 rings (SSSR count). The number of benzene rings is 1. The van der Waals surface area contributed by atoms with Crippen LogP contribution in [0, 0.1) is 12.7 Å². The van der Waals surface area contributed by atoms with Gasteiger partial charge in [0.25, 0.3) is 0 Å². The molecule has 96 valence electrons. The second-order valence-electron chi connectivity index (χ2n) is 4.52. The van der Waals surface area contributed by atoms with Crippen LogP contribution in [0.4, 0.5) is 4.39 Å². The Hall–Kier alpha value is -2.20. The van der Waals surface area contributed by atoms with Crippen LogP contribution >= 0.6 is 0 Å². The van der Waals surface area contributed by atoms with Crippen molar-refractivity contribution in [1.82, 2.24) is 9.38 Å². The molecule has 4 heteroatoms. The Morgan fingerprint density at radius 1 is 1.16 bits per heavy atom. The summed E-state index contributed by atoms with van der Waals surface area (Å²) >= 11 is 0. The fourth-order valence-corrected chi connectivity index (χ4v) is 2.21. The minimum Gasteiger partial charge on any atom is -0.326 e. The highest BCUT2D eigenvalue weighted by atomic mass is 19.1. The average Bonchev–Trinajstić information content (AvgIpc) is 2.76. The molecule has 1 aromatic carbocycles. The molecule has 3 aromatic rings. The highest BCUT2D eigenvalue weighted by molar-refractivity contribution is 5.66. The predicted octanol–water partition coefficient (Wildman–Crippen LogP) is 2.91. The van der Waals surface area contributed by atoms with Crippen molar-refractivity contribution in [1.29, 1.82) is 0 Å². The van der Waals surface area contributed by atoms with Crippen molar-refractivity contribution in [2.75, 3.05) is 0 Å². The van der Waals surface area contributed by atoms with E-state index >= 15 is 0 Å². The monoisotopic (exact) mass is 255 g/mol. The van der Waals surface area contributed by atoms with Gasteiger partial charge in [0.15, 0.2) is 0 Å². The lowest BCUT2D eigenvalue weighted by Crippen LogP contribution is -1.98. The maximum atomic E-state index is 13.0. The van der Waals surface area contributed by atoms with Gasteiger partial charge < -0.3 is 10.1 Å². The Labute approximate surface area is 110 Å². The molecule has 0 fully saturated rings. The Bertz CT molecular complexity index is 729. The maximum Gasteiger partial charge on any atom is 0.137 e. The Kier molecular flexibility index (Phi) is 2.80. The maximum absolute atomic E-state index is 13.0. The number of nitrogens with two attached hydrogens (primary N) is 1. The van der Waals surface area contributed by atoms with Gasteiger partial charge >= 0.3 is 0 Å². The van der Waals surface area contributed by atoms with E-state index in [0.717, 1.165) is 28.2 Å². The first-order chi connectivity index (χ1) is 9.19. The Morgan fingerprint density at radius 3 is 2.58 bits per heavy atom. The van der Waals surface area contributed by atoms with Gasteiger partial charge in [-0.3, -0.25) is 0 Å². The second-order valence-corrected chi connectivity index (χ2v) is 4.52. The number of pyridine rings is 1.